The van der Waals surface area contributed by atoms with Crippen molar-refractivity contribution in [3.05, 3.63) is 0 Å². The highest BCUT2D eigenvalue weighted by Crippen LogP contribution is 1.90. The van der Waals surface area contributed by atoms with Crippen molar-refractivity contribution >= 4 is 17.8 Å². The van der Waals surface area contributed by atoms with Crippen LogP contribution in [0.1, 0.15) is 13.8 Å². The van der Waals surface area contributed by atoms with Crippen LogP contribution in [0, 0.1) is 0 Å². The normalized spacial score (nSPS) is 9.58. The highest BCUT2D eigenvalue weighted by Gasteiger charge is 2.06. The zero-order chi connectivity index (χ0) is 9.40. The molecule has 0 aromatic carbocycles. The first-order chi connectivity index (χ1) is 5.76. The van der Waals surface area contributed by atoms with Crippen molar-refractivity contribution in [1.29, 1.82) is 0 Å². The van der Waals surface area contributed by atoms with Gasteiger partial charge in [-0.3, -0.25) is 0 Å². The van der Waals surface area contributed by atoms with Crippen molar-refractivity contribution in [2.75, 3.05) is 31.6 Å². The van der Waals surface area contributed by atoms with Crippen LogP contribution >= 0.6 is 11.8 Å². The van der Waals surface area contributed by atoms with E-state index < -0.39 is 0 Å². The Morgan fingerprint density at radius 3 is 2.42 bits per heavy atom. The van der Waals surface area contributed by atoms with Gasteiger partial charge in [0, 0.05) is 25.4 Å². The predicted octanol–water partition coefficient (Wildman–Crippen LogP) is 1.40. The summed E-state index contributed by atoms with van der Waals surface area (Å²) in [7, 11) is 0. The standard InChI is InChI=1S/C8H18N2OS/c1-4-10(5-2)8(11)9-6-7-12-3/h4-7H2,1-3H3,(H,9,11). The Labute approximate surface area is 78.9 Å². The molecule has 0 heterocycles. The number of carbonyl (C=O) groups is 1. The molecule has 2 amide bonds. The molecule has 0 rings (SSSR count). The zero-order valence-corrected chi connectivity index (χ0v) is 8.91. The smallest absolute Gasteiger partial charge is 0.317 e. The Balaban J connectivity index is 3.54. The summed E-state index contributed by atoms with van der Waals surface area (Å²) in [6.07, 6.45) is 2.03. The van der Waals surface area contributed by atoms with Crippen LogP contribution in [0.2, 0.25) is 0 Å². The van der Waals surface area contributed by atoms with E-state index in [2.05, 4.69) is 5.32 Å². The van der Waals surface area contributed by atoms with E-state index in [0.717, 1.165) is 25.4 Å². The van der Waals surface area contributed by atoms with Gasteiger partial charge in [-0.15, -0.1) is 0 Å². The van der Waals surface area contributed by atoms with Gasteiger partial charge in [0.15, 0.2) is 0 Å². The molecule has 0 bridgehead atoms. The van der Waals surface area contributed by atoms with E-state index in [9.17, 15) is 4.79 Å². The minimum absolute atomic E-state index is 0.0500. The largest absolute Gasteiger partial charge is 0.337 e. The fourth-order valence-electron chi connectivity index (χ4n) is 0.883. The maximum absolute atomic E-state index is 11.3. The first kappa shape index (κ1) is 11.6. The predicted molar refractivity (Wildman–Crippen MR) is 54.7 cm³/mol. The van der Waals surface area contributed by atoms with Gasteiger partial charge >= 0.3 is 6.03 Å². The number of hydrogen-bond donors (Lipinski definition) is 1. The summed E-state index contributed by atoms with van der Waals surface area (Å²) in [5.41, 5.74) is 0. The first-order valence-corrected chi connectivity index (χ1v) is 5.67. The van der Waals surface area contributed by atoms with Gasteiger partial charge in [0.25, 0.3) is 0 Å². The summed E-state index contributed by atoms with van der Waals surface area (Å²) in [6, 6.07) is 0.0500. The highest BCUT2D eigenvalue weighted by molar-refractivity contribution is 7.98. The third-order valence-electron chi connectivity index (χ3n) is 1.63. The molecule has 0 aliphatic rings. The molecule has 0 fully saturated rings. The molecular formula is C8H18N2OS. The molecule has 4 heteroatoms. The minimum Gasteiger partial charge on any atom is -0.337 e. The molecule has 0 aliphatic carbocycles. The molecule has 0 radical (unpaired) electrons. The van der Waals surface area contributed by atoms with Crippen LogP contribution in [0.15, 0.2) is 0 Å². The Bertz CT molecular complexity index is 126. The second-order valence-electron chi connectivity index (χ2n) is 2.40. The molecular weight excluding hydrogens is 172 g/mol. The molecule has 0 aliphatic heterocycles. The lowest BCUT2D eigenvalue weighted by Crippen LogP contribution is -2.40. The van der Waals surface area contributed by atoms with Crippen molar-refractivity contribution in [1.82, 2.24) is 10.2 Å². The van der Waals surface area contributed by atoms with E-state index in [0.29, 0.717) is 0 Å². The summed E-state index contributed by atoms with van der Waals surface area (Å²) < 4.78 is 0. The lowest BCUT2D eigenvalue weighted by Gasteiger charge is -2.18. The summed E-state index contributed by atoms with van der Waals surface area (Å²) in [6.45, 7) is 6.29. The monoisotopic (exact) mass is 190 g/mol. The Kier molecular flexibility index (Phi) is 7.05. The molecule has 0 aromatic rings. The molecule has 72 valence electrons. The van der Waals surface area contributed by atoms with Gasteiger partial charge in [0.2, 0.25) is 0 Å². The summed E-state index contributed by atoms with van der Waals surface area (Å²) in [5.74, 6) is 0.979. The maximum atomic E-state index is 11.3. The molecule has 1 N–H and O–H groups in total. The second kappa shape index (κ2) is 7.28. The summed E-state index contributed by atoms with van der Waals surface area (Å²) in [5, 5.41) is 2.85. The third kappa shape index (κ3) is 4.49. The maximum Gasteiger partial charge on any atom is 0.317 e. The Morgan fingerprint density at radius 2 is 2.00 bits per heavy atom. The van der Waals surface area contributed by atoms with Gasteiger partial charge < -0.3 is 10.2 Å². The zero-order valence-electron chi connectivity index (χ0n) is 8.09. The fourth-order valence-corrected chi connectivity index (χ4v) is 1.19. The molecule has 0 unspecified atom stereocenters. The van der Waals surface area contributed by atoms with E-state index in [1.807, 2.05) is 20.1 Å². The Hall–Kier alpha value is -0.380. The highest BCUT2D eigenvalue weighted by atomic mass is 32.2. The van der Waals surface area contributed by atoms with E-state index >= 15 is 0 Å². The van der Waals surface area contributed by atoms with Crippen LogP contribution in [0.5, 0.6) is 0 Å². The number of urea groups is 1. The van der Waals surface area contributed by atoms with Gasteiger partial charge in [-0.1, -0.05) is 0 Å². The number of carbonyl (C=O) groups excluding carboxylic acids is 1. The van der Waals surface area contributed by atoms with Crippen molar-refractivity contribution < 1.29 is 4.79 Å². The quantitative estimate of drug-likeness (QED) is 0.665. The number of rotatable bonds is 5. The fraction of sp³-hybridized carbons (Fsp3) is 0.875. The summed E-state index contributed by atoms with van der Waals surface area (Å²) >= 11 is 1.74. The first-order valence-electron chi connectivity index (χ1n) is 4.27. The summed E-state index contributed by atoms with van der Waals surface area (Å²) in [4.78, 5) is 13.1. The SMILES string of the molecule is CCN(CC)C(=O)NCCSC. The number of nitrogens with one attached hydrogen (secondary N) is 1. The molecule has 0 aromatic heterocycles. The van der Waals surface area contributed by atoms with Crippen molar-refractivity contribution in [2.45, 2.75) is 13.8 Å². The van der Waals surface area contributed by atoms with Crippen LogP contribution in [-0.4, -0.2) is 42.6 Å². The van der Waals surface area contributed by atoms with E-state index in [-0.39, 0.29) is 6.03 Å². The van der Waals surface area contributed by atoms with Crippen LogP contribution in [0.3, 0.4) is 0 Å². The number of hydrogen-bond acceptors (Lipinski definition) is 2. The van der Waals surface area contributed by atoms with Gasteiger partial charge in [-0.25, -0.2) is 4.79 Å². The van der Waals surface area contributed by atoms with Crippen LogP contribution in [0.25, 0.3) is 0 Å². The van der Waals surface area contributed by atoms with Crippen molar-refractivity contribution in [2.24, 2.45) is 0 Å². The minimum atomic E-state index is 0.0500. The number of thioether (sulfide) groups is 1. The third-order valence-corrected chi connectivity index (χ3v) is 2.25. The average molecular weight is 190 g/mol. The lowest BCUT2D eigenvalue weighted by molar-refractivity contribution is 0.204. The molecule has 0 spiro atoms. The van der Waals surface area contributed by atoms with Gasteiger partial charge in [-0.05, 0) is 20.1 Å². The van der Waals surface area contributed by atoms with Crippen LogP contribution < -0.4 is 5.32 Å². The average Bonchev–Trinajstić information content (AvgIpc) is 2.07. The van der Waals surface area contributed by atoms with E-state index in [1.165, 1.54) is 0 Å². The molecule has 3 nitrogen and oxygen atoms in total. The molecule has 0 saturated carbocycles. The number of amides is 2. The van der Waals surface area contributed by atoms with E-state index in [4.69, 9.17) is 0 Å². The van der Waals surface area contributed by atoms with Crippen molar-refractivity contribution in [3.8, 4) is 0 Å². The van der Waals surface area contributed by atoms with Gasteiger partial charge in [-0.2, -0.15) is 11.8 Å². The molecule has 12 heavy (non-hydrogen) atoms. The van der Waals surface area contributed by atoms with Gasteiger partial charge in [0.05, 0.1) is 0 Å². The topological polar surface area (TPSA) is 32.3 Å². The molecule has 0 atom stereocenters. The van der Waals surface area contributed by atoms with Crippen LogP contribution in [0.4, 0.5) is 4.79 Å². The second-order valence-corrected chi connectivity index (χ2v) is 3.38. The van der Waals surface area contributed by atoms with Crippen molar-refractivity contribution in [3.63, 3.8) is 0 Å². The van der Waals surface area contributed by atoms with Gasteiger partial charge in [0.1, 0.15) is 0 Å². The number of nitrogens with zero attached hydrogens (tertiary/aromatic N) is 1. The van der Waals surface area contributed by atoms with E-state index in [1.54, 1.807) is 16.7 Å². The van der Waals surface area contributed by atoms with Crippen LogP contribution in [-0.2, 0) is 0 Å². The lowest BCUT2D eigenvalue weighted by atomic mass is 10.5. The Morgan fingerprint density at radius 1 is 1.42 bits per heavy atom. The molecule has 0 saturated heterocycles.